The lowest BCUT2D eigenvalue weighted by Gasteiger charge is -2.26. The fourth-order valence-corrected chi connectivity index (χ4v) is 3.37. The van der Waals surface area contributed by atoms with Gasteiger partial charge < -0.3 is 20.7 Å². The number of benzene rings is 1. The van der Waals surface area contributed by atoms with Crippen molar-refractivity contribution in [3.8, 4) is 5.75 Å². The van der Waals surface area contributed by atoms with Crippen molar-refractivity contribution in [2.45, 2.75) is 43.7 Å². The van der Waals surface area contributed by atoms with E-state index in [1.165, 1.54) is 5.56 Å². The molecule has 3 unspecified atom stereocenters. The summed E-state index contributed by atoms with van der Waals surface area (Å²) in [6, 6.07) is 8.73. The number of guanidine groups is 1. The third-order valence-electron chi connectivity index (χ3n) is 5.10. The van der Waals surface area contributed by atoms with Crippen LogP contribution in [0.5, 0.6) is 5.75 Å². The molecule has 1 aromatic rings. The fourth-order valence-electron chi connectivity index (χ4n) is 3.37. The zero-order chi connectivity index (χ0) is 17.2. The Morgan fingerprint density at radius 2 is 2.17 bits per heavy atom. The number of carbonyl (C=O) groups is 1. The van der Waals surface area contributed by atoms with Crippen LogP contribution in [-0.2, 0) is 10.2 Å². The van der Waals surface area contributed by atoms with Gasteiger partial charge in [-0.25, -0.2) is 0 Å². The van der Waals surface area contributed by atoms with E-state index in [-0.39, 0.29) is 17.4 Å². The second-order valence-corrected chi connectivity index (χ2v) is 6.78. The molecule has 0 radical (unpaired) electrons. The molecule has 1 saturated carbocycles. The van der Waals surface area contributed by atoms with Gasteiger partial charge in [0.05, 0.1) is 7.11 Å². The summed E-state index contributed by atoms with van der Waals surface area (Å²) in [4.78, 5) is 15.6. The molecule has 1 aliphatic carbocycles. The van der Waals surface area contributed by atoms with Crippen molar-refractivity contribution >= 4 is 11.9 Å². The molecule has 0 spiro atoms. The molecule has 0 aromatic heterocycles. The number of aliphatic imine (C=N–C) groups is 1. The molecule has 24 heavy (non-hydrogen) atoms. The molecule has 1 amide bonds. The Morgan fingerprint density at radius 1 is 1.38 bits per heavy atom. The molecular weight excluding hydrogens is 304 g/mol. The van der Waals surface area contributed by atoms with Crippen LogP contribution in [0.25, 0.3) is 0 Å². The van der Waals surface area contributed by atoms with Gasteiger partial charge >= 0.3 is 0 Å². The highest BCUT2D eigenvalue weighted by atomic mass is 16.5. The smallest absolute Gasteiger partial charge is 0.220 e. The number of ether oxygens (including phenoxy) is 1. The first-order valence-electron chi connectivity index (χ1n) is 8.47. The summed E-state index contributed by atoms with van der Waals surface area (Å²) in [6.45, 7) is 2.89. The summed E-state index contributed by atoms with van der Waals surface area (Å²) in [5.74, 6) is 1.85. The number of rotatable bonds is 4. The standard InChI is InChI=1S/C18H26N4O2/c1-18(13-6-4-5-7-14(13)24-3)10-15(18)22-17(19-2)21-12-8-9-16(23)20-11-12/h4-7,12,15H,8-11H2,1-3H3,(H,20,23)(H2,19,21,22). The van der Waals surface area contributed by atoms with Crippen molar-refractivity contribution in [1.82, 2.24) is 16.0 Å². The second kappa shape index (κ2) is 6.71. The predicted molar refractivity (Wildman–Crippen MR) is 94.4 cm³/mol. The molecule has 0 bridgehead atoms. The van der Waals surface area contributed by atoms with Crippen molar-refractivity contribution < 1.29 is 9.53 Å². The number of carbonyl (C=O) groups excluding carboxylic acids is 1. The zero-order valence-corrected chi connectivity index (χ0v) is 14.6. The van der Waals surface area contributed by atoms with Crippen LogP contribution in [0.15, 0.2) is 29.3 Å². The average Bonchev–Trinajstić information content (AvgIpc) is 3.27. The van der Waals surface area contributed by atoms with Crippen LogP contribution in [0.4, 0.5) is 0 Å². The molecule has 3 rings (SSSR count). The Morgan fingerprint density at radius 3 is 2.83 bits per heavy atom. The van der Waals surface area contributed by atoms with Crippen LogP contribution < -0.4 is 20.7 Å². The maximum Gasteiger partial charge on any atom is 0.220 e. The van der Waals surface area contributed by atoms with Crippen LogP contribution in [0.2, 0.25) is 0 Å². The molecular formula is C18H26N4O2. The minimum absolute atomic E-state index is 0.0466. The summed E-state index contributed by atoms with van der Waals surface area (Å²) in [7, 11) is 3.49. The molecule has 6 nitrogen and oxygen atoms in total. The highest BCUT2D eigenvalue weighted by Crippen LogP contribution is 2.50. The van der Waals surface area contributed by atoms with Gasteiger partial charge in [0, 0.05) is 43.1 Å². The quantitative estimate of drug-likeness (QED) is 0.572. The lowest BCUT2D eigenvalue weighted by molar-refractivity contribution is -0.122. The Hall–Kier alpha value is -2.24. The first-order valence-corrected chi connectivity index (χ1v) is 8.47. The number of methoxy groups -OCH3 is 1. The van der Waals surface area contributed by atoms with Gasteiger partial charge in [-0.05, 0) is 18.9 Å². The molecule has 1 saturated heterocycles. The SMILES string of the molecule is CN=C(NC1CCC(=O)NC1)NC1CC1(C)c1ccccc1OC. The van der Waals surface area contributed by atoms with Gasteiger partial charge in [-0.15, -0.1) is 0 Å². The van der Waals surface area contributed by atoms with Gasteiger partial charge in [0.2, 0.25) is 5.91 Å². The van der Waals surface area contributed by atoms with E-state index in [2.05, 4.69) is 40.0 Å². The third kappa shape index (κ3) is 3.32. The molecule has 2 aliphatic rings. The molecule has 3 N–H and O–H groups in total. The molecule has 1 aromatic carbocycles. The monoisotopic (exact) mass is 330 g/mol. The van der Waals surface area contributed by atoms with Crippen molar-refractivity contribution in [2.24, 2.45) is 4.99 Å². The van der Waals surface area contributed by atoms with Crippen LogP contribution in [0.1, 0.15) is 31.7 Å². The first kappa shape index (κ1) is 16.6. The van der Waals surface area contributed by atoms with E-state index in [4.69, 9.17) is 4.74 Å². The Bertz CT molecular complexity index is 636. The fraction of sp³-hybridized carbons (Fsp3) is 0.556. The summed E-state index contributed by atoms with van der Waals surface area (Å²) in [5.41, 5.74) is 1.27. The van der Waals surface area contributed by atoms with E-state index in [1.807, 2.05) is 12.1 Å². The Labute approximate surface area is 143 Å². The van der Waals surface area contributed by atoms with Gasteiger partial charge in [0.15, 0.2) is 5.96 Å². The van der Waals surface area contributed by atoms with Crippen molar-refractivity contribution in [2.75, 3.05) is 20.7 Å². The van der Waals surface area contributed by atoms with Crippen LogP contribution in [-0.4, -0.2) is 44.7 Å². The number of hydrogen-bond acceptors (Lipinski definition) is 3. The summed E-state index contributed by atoms with van der Waals surface area (Å²) < 4.78 is 5.51. The average molecular weight is 330 g/mol. The largest absolute Gasteiger partial charge is 0.496 e. The number of nitrogens with one attached hydrogen (secondary N) is 3. The van der Waals surface area contributed by atoms with Crippen LogP contribution >= 0.6 is 0 Å². The van der Waals surface area contributed by atoms with Gasteiger partial charge in [-0.2, -0.15) is 0 Å². The number of amides is 1. The van der Waals surface area contributed by atoms with E-state index in [0.29, 0.717) is 19.0 Å². The summed E-state index contributed by atoms with van der Waals surface area (Å²) >= 11 is 0. The van der Waals surface area contributed by atoms with Crippen molar-refractivity contribution in [1.29, 1.82) is 0 Å². The first-order chi connectivity index (χ1) is 11.6. The minimum Gasteiger partial charge on any atom is -0.496 e. The van der Waals surface area contributed by atoms with E-state index in [9.17, 15) is 4.79 Å². The third-order valence-corrected chi connectivity index (χ3v) is 5.10. The number of piperidine rings is 1. The van der Waals surface area contributed by atoms with E-state index in [0.717, 1.165) is 24.6 Å². The number of hydrogen-bond donors (Lipinski definition) is 3. The molecule has 1 aliphatic heterocycles. The molecule has 1 heterocycles. The van der Waals surface area contributed by atoms with Gasteiger partial charge in [0.25, 0.3) is 0 Å². The summed E-state index contributed by atoms with van der Waals surface area (Å²) in [5, 5.41) is 9.81. The normalized spacial score (nSPS) is 29.6. The lowest BCUT2D eigenvalue weighted by atomic mass is 9.96. The Kier molecular flexibility index (Phi) is 4.64. The zero-order valence-electron chi connectivity index (χ0n) is 14.6. The van der Waals surface area contributed by atoms with Crippen molar-refractivity contribution in [3.05, 3.63) is 29.8 Å². The van der Waals surface area contributed by atoms with Gasteiger partial charge in [-0.3, -0.25) is 9.79 Å². The van der Waals surface area contributed by atoms with Crippen LogP contribution in [0.3, 0.4) is 0 Å². The van der Waals surface area contributed by atoms with Gasteiger partial charge in [0.1, 0.15) is 5.75 Å². The number of para-hydroxylation sites is 1. The topological polar surface area (TPSA) is 74.8 Å². The maximum atomic E-state index is 11.3. The highest BCUT2D eigenvalue weighted by Gasteiger charge is 2.53. The molecule has 130 valence electrons. The highest BCUT2D eigenvalue weighted by molar-refractivity contribution is 5.82. The van der Waals surface area contributed by atoms with E-state index < -0.39 is 0 Å². The molecule has 3 atom stereocenters. The molecule has 2 fully saturated rings. The minimum atomic E-state index is 0.0466. The Balaban J connectivity index is 1.61. The molecule has 6 heteroatoms. The van der Waals surface area contributed by atoms with E-state index >= 15 is 0 Å². The number of nitrogens with zero attached hydrogens (tertiary/aromatic N) is 1. The van der Waals surface area contributed by atoms with Crippen LogP contribution in [0, 0.1) is 0 Å². The predicted octanol–water partition coefficient (Wildman–Crippen LogP) is 1.17. The second-order valence-electron chi connectivity index (χ2n) is 6.78. The summed E-state index contributed by atoms with van der Waals surface area (Å²) in [6.07, 6.45) is 2.44. The lowest BCUT2D eigenvalue weighted by Crippen LogP contribution is -2.52. The maximum absolute atomic E-state index is 11.3. The van der Waals surface area contributed by atoms with E-state index in [1.54, 1.807) is 14.2 Å². The van der Waals surface area contributed by atoms with Gasteiger partial charge in [-0.1, -0.05) is 25.1 Å². The van der Waals surface area contributed by atoms with Crippen molar-refractivity contribution in [3.63, 3.8) is 0 Å².